The molecule has 0 aliphatic heterocycles. The molecule has 4 rings (SSSR count). The van der Waals surface area contributed by atoms with Crippen molar-refractivity contribution in [3.63, 3.8) is 0 Å². The fraction of sp³-hybridized carbons (Fsp3) is 0.273. The summed E-state index contributed by atoms with van der Waals surface area (Å²) in [6, 6.07) is 9.33. The van der Waals surface area contributed by atoms with Gasteiger partial charge in [0, 0.05) is 24.0 Å². The average molecular weight is 421 g/mol. The van der Waals surface area contributed by atoms with Crippen molar-refractivity contribution in [2.45, 2.75) is 26.2 Å². The van der Waals surface area contributed by atoms with Crippen LogP contribution < -0.4 is 14.8 Å². The van der Waals surface area contributed by atoms with Crippen LogP contribution in [0.2, 0.25) is 0 Å². The van der Waals surface area contributed by atoms with Gasteiger partial charge in [0.05, 0.1) is 30.9 Å². The van der Waals surface area contributed by atoms with Crippen molar-refractivity contribution in [2.24, 2.45) is 0 Å². The molecule has 2 N–H and O–H groups in total. The fourth-order valence-corrected chi connectivity index (χ4v) is 3.29. The normalized spacial score (nSPS) is 10.9. The molecule has 3 heterocycles. The molecule has 1 amide bonds. The monoisotopic (exact) mass is 421 g/mol. The van der Waals surface area contributed by atoms with Gasteiger partial charge in [0.2, 0.25) is 0 Å². The first kappa shape index (κ1) is 20.4. The number of aryl methyl sites for hydroxylation is 3. The molecule has 0 radical (unpaired) electrons. The summed E-state index contributed by atoms with van der Waals surface area (Å²) < 4.78 is 15.8. The van der Waals surface area contributed by atoms with Gasteiger partial charge in [-0.15, -0.1) is 0 Å². The van der Waals surface area contributed by atoms with Crippen LogP contribution in [0.3, 0.4) is 0 Å². The predicted octanol–water partition coefficient (Wildman–Crippen LogP) is 3.56. The van der Waals surface area contributed by atoms with Crippen molar-refractivity contribution in [3.8, 4) is 11.5 Å². The molecule has 3 aromatic heterocycles. The van der Waals surface area contributed by atoms with Gasteiger partial charge in [0.1, 0.15) is 11.5 Å². The summed E-state index contributed by atoms with van der Waals surface area (Å²) >= 11 is 0. The Morgan fingerprint density at radius 2 is 1.87 bits per heavy atom. The number of pyridine rings is 1. The van der Waals surface area contributed by atoms with Crippen molar-refractivity contribution in [2.75, 3.05) is 19.5 Å². The Balaban J connectivity index is 1.41. The number of carbonyl (C=O) groups excluding carboxylic acids is 1. The van der Waals surface area contributed by atoms with E-state index in [1.165, 1.54) is 6.20 Å². The molecule has 0 atom stereocenters. The van der Waals surface area contributed by atoms with E-state index in [1.54, 1.807) is 20.3 Å². The van der Waals surface area contributed by atoms with Gasteiger partial charge in [-0.25, -0.2) is 4.98 Å². The van der Waals surface area contributed by atoms with E-state index < -0.39 is 0 Å². The maximum atomic E-state index is 12.6. The third-order valence-electron chi connectivity index (χ3n) is 4.97. The summed E-state index contributed by atoms with van der Waals surface area (Å²) in [5.41, 5.74) is 3.59. The van der Waals surface area contributed by atoms with Crippen molar-refractivity contribution in [1.82, 2.24) is 20.3 Å². The third-order valence-corrected chi connectivity index (χ3v) is 4.97. The lowest BCUT2D eigenvalue weighted by Gasteiger charge is -2.08. The first-order valence-corrected chi connectivity index (χ1v) is 9.91. The molecule has 0 bridgehead atoms. The lowest BCUT2D eigenvalue weighted by molar-refractivity contribution is 0.102. The van der Waals surface area contributed by atoms with Crippen molar-refractivity contribution >= 4 is 22.8 Å². The number of hydrogen-bond acceptors (Lipinski definition) is 7. The Morgan fingerprint density at radius 1 is 1.10 bits per heavy atom. The Labute approximate surface area is 178 Å². The van der Waals surface area contributed by atoms with Crippen LogP contribution in [0.25, 0.3) is 11.1 Å². The van der Waals surface area contributed by atoms with Crippen LogP contribution in [0.15, 0.2) is 41.1 Å². The van der Waals surface area contributed by atoms with Crippen molar-refractivity contribution < 1.29 is 18.8 Å². The van der Waals surface area contributed by atoms with E-state index >= 15 is 0 Å². The number of rotatable bonds is 8. The van der Waals surface area contributed by atoms with Crippen LogP contribution in [-0.2, 0) is 19.3 Å². The number of fused-ring (bicyclic) bond motifs is 1. The lowest BCUT2D eigenvalue weighted by atomic mass is 10.1. The molecule has 160 valence electrons. The molecule has 1 aromatic carbocycles. The Bertz CT molecular complexity index is 1190. The number of hydrogen-bond donors (Lipinski definition) is 2. The van der Waals surface area contributed by atoms with E-state index in [9.17, 15) is 4.79 Å². The zero-order valence-electron chi connectivity index (χ0n) is 17.6. The molecule has 0 fully saturated rings. The van der Waals surface area contributed by atoms with Gasteiger partial charge in [-0.2, -0.15) is 5.10 Å². The van der Waals surface area contributed by atoms with Gasteiger partial charge >= 0.3 is 0 Å². The molecule has 0 saturated carbocycles. The first-order valence-electron chi connectivity index (χ1n) is 9.91. The minimum absolute atomic E-state index is 0.298. The molecular formula is C22H23N5O4. The van der Waals surface area contributed by atoms with E-state index in [1.807, 2.05) is 31.2 Å². The number of H-pyrrole nitrogens is 1. The number of anilines is 1. The van der Waals surface area contributed by atoms with Crippen LogP contribution in [0, 0.1) is 0 Å². The number of methoxy groups -OCH3 is 2. The van der Waals surface area contributed by atoms with E-state index in [4.69, 9.17) is 14.0 Å². The van der Waals surface area contributed by atoms with Gasteiger partial charge in [0.25, 0.3) is 11.6 Å². The molecular weight excluding hydrogens is 398 g/mol. The number of aromatic amines is 1. The molecule has 0 aliphatic carbocycles. The standard InChI is InChI=1S/C22H23N5O4/c1-4-19-18-9-14(12-23-22(18)31-27-19)21(28)24-20-10-15(25-26-20)6-5-13-7-16(29-2)11-17(8-13)30-3/h7-12H,4-6H2,1-3H3,(H2,24,25,26,28). The predicted molar refractivity (Wildman–Crippen MR) is 115 cm³/mol. The molecule has 0 unspecified atom stereocenters. The Kier molecular flexibility index (Phi) is 5.83. The molecule has 0 saturated heterocycles. The fourth-order valence-electron chi connectivity index (χ4n) is 3.29. The smallest absolute Gasteiger partial charge is 0.258 e. The molecule has 0 spiro atoms. The quantitative estimate of drug-likeness (QED) is 0.447. The highest BCUT2D eigenvalue weighted by Crippen LogP contribution is 2.24. The Hall–Kier alpha value is -3.88. The topological polar surface area (TPSA) is 115 Å². The van der Waals surface area contributed by atoms with Gasteiger partial charge in [0.15, 0.2) is 5.82 Å². The highest BCUT2D eigenvalue weighted by atomic mass is 16.5. The van der Waals surface area contributed by atoms with Crippen LogP contribution in [-0.4, -0.2) is 40.5 Å². The van der Waals surface area contributed by atoms with Gasteiger partial charge in [-0.3, -0.25) is 9.89 Å². The maximum absolute atomic E-state index is 12.6. The second kappa shape index (κ2) is 8.86. The first-order chi connectivity index (χ1) is 15.1. The summed E-state index contributed by atoms with van der Waals surface area (Å²) in [7, 11) is 3.25. The molecule has 0 aliphatic rings. The SMILES string of the molecule is CCc1noc2ncc(C(=O)Nc3cc(CCc4cc(OC)cc(OC)c4)[nH]n3)cc12. The average Bonchev–Trinajstić information content (AvgIpc) is 3.43. The number of nitrogens with zero attached hydrogens (tertiary/aromatic N) is 3. The van der Waals surface area contributed by atoms with E-state index in [0.717, 1.165) is 40.3 Å². The van der Waals surface area contributed by atoms with E-state index in [2.05, 4.69) is 25.7 Å². The van der Waals surface area contributed by atoms with Crippen molar-refractivity contribution in [1.29, 1.82) is 0 Å². The van der Waals surface area contributed by atoms with Crippen LogP contribution in [0.5, 0.6) is 11.5 Å². The van der Waals surface area contributed by atoms with E-state index in [-0.39, 0.29) is 5.91 Å². The lowest BCUT2D eigenvalue weighted by Crippen LogP contribution is -2.12. The molecule has 9 nitrogen and oxygen atoms in total. The second-order valence-corrected chi connectivity index (χ2v) is 7.01. The number of benzene rings is 1. The zero-order chi connectivity index (χ0) is 21.8. The minimum Gasteiger partial charge on any atom is -0.497 e. The number of carbonyl (C=O) groups is 1. The molecule has 31 heavy (non-hydrogen) atoms. The van der Waals surface area contributed by atoms with Gasteiger partial charge < -0.3 is 19.3 Å². The van der Waals surface area contributed by atoms with Crippen molar-refractivity contribution in [3.05, 3.63) is 59.0 Å². The van der Waals surface area contributed by atoms with Gasteiger partial charge in [-0.1, -0.05) is 12.1 Å². The number of amides is 1. The number of ether oxygens (including phenoxy) is 2. The molecule has 9 heteroatoms. The minimum atomic E-state index is -0.298. The third kappa shape index (κ3) is 4.50. The summed E-state index contributed by atoms with van der Waals surface area (Å²) in [5.74, 6) is 1.64. The second-order valence-electron chi connectivity index (χ2n) is 7.01. The summed E-state index contributed by atoms with van der Waals surface area (Å²) in [6.45, 7) is 1.97. The van der Waals surface area contributed by atoms with Crippen LogP contribution in [0.1, 0.15) is 34.2 Å². The summed E-state index contributed by atoms with van der Waals surface area (Å²) in [4.78, 5) is 16.8. The Morgan fingerprint density at radius 3 is 2.58 bits per heavy atom. The van der Waals surface area contributed by atoms with Gasteiger partial charge in [-0.05, 0) is 43.0 Å². The van der Waals surface area contributed by atoms with Crippen LogP contribution >= 0.6 is 0 Å². The highest BCUT2D eigenvalue weighted by Gasteiger charge is 2.14. The maximum Gasteiger partial charge on any atom is 0.258 e. The highest BCUT2D eigenvalue weighted by molar-refractivity contribution is 6.05. The van der Waals surface area contributed by atoms with E-state index in [0.29, 0.717) is 29.9 Å². The molecule has 4 aromatic rings. The summed E-state index contributed by atoms with van der Waals surface area (Å²) in [6.07, 6.45) is 3.64. The number of nitrogens with one attached hydrogen (secondary N) is 2. The summed E-state index contributed by atoms with van der Waals surface area (Å²) in [5, 5.41) is 14.7. The number of aromatic nitrogens is 4. The largest absolute Gasteiger partial charge is 0.497 e. The zero-order valence-corrected chi connectivity index (χ0v) is 17.6. The van der Waals surface area contributed by atoms with Crippen LogP contribution in [0.4, 0.5) is 5.82 Å².